The van der Waals surface area contributed by atoms with Gasteiger partial charge in [-0.3, -0.25) is 9.78 Å². The van der Waals surface area contributed by atoms with Gasteiger partial charge in [0.1, 0.15) is 5.82 Å². The third-order valence-corrected chi connectivity index (χ3v) is 2.77. The van der Waals surface area contributed by atoms with Crippen molar-refractivity contribution in [3.05, 3.63) is 66.4 Å². The number of pyridine rings is 1. The third kappa shape index (κ3) is 2.94. The molecule has 2 heterocycles. The molecule has 0 aliphatic rings. The number of amides is 1. The summed E-state index contributed by atoms with van der Waals surface area (Å²) in [6.45, 7) is 0. The number of hydrogen-bond donors (Lipinski definition) is 1. The van der Waals surface area contributed by atoms with Crippen molar-refractivity contribution in [1.82, 2.24) is 10.1 Å². The van der Waals surface area contributed by atoms with Crippen LogP contribution in [0.15, 0.2) is 59.4 Å². The molecular formula is C15H10FN3O2. The van der Waals surface area contributed by atoms with Crippen molar-refractivity contribution in [3.63, 3.8) is 0 Å². The van der Waals surface area contributed by atoms with E-state index in [9.17, 15) is 9.18 Å². The van der Waals surface area contributed by atoms with Gasteiger partial charge >= 0.3 is 0 Å². The molecule has 104 valence electrons. The molecule has 1 N–H and O–H groups in total. The molecule has 0 aliphatic heterocycles. The van der Waals surface area contributed by atoms with E-state index in [0.29, 0.717) is 11.4 Å². The minimum absolute atomic E-state index is 0.109. The molecule has 0 spiro atoms. The molecule has 2 aromatic heterocycles. The van der Waals surface area contributed by atoms with Crippen LogP contribution in [0.4, 0.5) is 10.1 Å². The molecule has 0 saturated heterocycles. The molecule has 5 nitrogen and oxygen atoms in total. The number of halogens is 1. The van der Waals surface area contributed by atoms with E-state index >= 15 is 0 Å². The number of nitrogens with one attached hydrogen (secondary N) is 1. The maximum atomic E-state index is 13.1. The van der Waals surface area contributed by atoms with Gasteiger partial charge in [-0.25, -0.2) is 4.39 Å². The average molecular weight is 283 g/mol. The fraction of sp³-hybridized carbons (Fsp3) is 0. The Bertz CT molecular complexity index is 771. The highest BCUT2D eigenvalue weighted by Gasteiger charge is 2.14. The van der Waals surface area contributed by atoms with Crippen LogP contribution in [-0.4, -0.2) is 16.0 Å². The van der Waals surface area contributed by atoms with E-state index in [4.69, 9.17) is 4.52 Å². The van der Waals surface area contributed by atoms with Crippen molar-refractivity contribution in [2.75, 3.05) is 5.32 Å². The van der Waals surface area contributed by atoms with Crippen LogP contribution in [0, 0.1) is 5.82 Å². The minimum Gasteiger partial charge on any atom is -0.355 e. The minimum atomic E-state index is -0.473. The second kappa shape index (κ2) is 5.54. The van der Waals surface area contributed by atoms with E-state index < -0.39 is 11.7 Å². The van der Waals surface area contributed by atoms with Crippen LogP contribution in [0.1, 0.15) is 10.5 Å². The zero-order valence-corrected chi connectivity index (χ0v) is 10.8. The Labute approximate surface area is 119 Å². The molecule has 0 unspecified atom stereocenters. The standard InChI is InChI=1S/C15H10FN3O2/c16-11-4-1-5-12(7-11)18-15(20)13-8-14(21-19-13)10-3-2-6-17-9-10/h1-9H,(H,18,20). The Kier molecular flexibility index (Phi) is 3.42. The topological polar surface area (TPSA) is 68.0 Å². The lowest BCUT2D eigenvalue weighted by Gasteiger charge is -2.01. The Balaban J connectivity index is 1.78. The number of carbonyl (C=O) groups excluding carboxylic acids is 1. The van der Waals surface area contributed by atoms with Crippen LogP contribution >= 0.6 is 0 Å². The van der Waals surface area contributed by atoms with Gasteiger partial charge in [-0.1, -0.05) is 11.2 Å². The van der Waals surface area contributed by atoms with Gasteiger partial charge < -0.3 is 9.84 Å². The van der Waals surface area contributed by atoms with Gasteiger partial charge in [-0.2, -0.15) is 0 Å². The largest absolute Gasteiger partial charge is 0.355 e. The van der Waals surface area contributed by atoms with E-state index in [-0.39, 0.29) is 5.69 Å². The summed E-state index contributed by atoms with van der Waals surface area (Å²) in [7, 11) is 0. The lowest BCUT2D eigenvalue weighted by molar-refractivity contribution is 0.101. The number of benzene rings is 1. The fourth-order valence-electron chi connectivity index (χ4n) is 1.79. The summed E-state index contributed by atoms with van der Waals surface area (Å²) in [6.07, 6.45) is 3.24. The van der Waals surface area contributed by atoms with Crippen LogP contribution in [0.25, 0.3) is 11.3 Å². The zero-order chi connectivity index (χ0) is 14.7. The third-order valence-electron chi connectivity index (χ3n) is 2.77. The summed E-state index contributed by atoms with van der Waals surface area (Å²) < 4.78 is 18.2. The molecule has 1 aromatic carbocycles. The zero-order valence-electron chi connectivity index (χ0n) is 10.8. The van der Waals surface area contributed by atoms with Gasteiger partial charge in [0.15, 0.2) is 11.5 Å². The lowest BCUT2D eigenvalue weighted by atomic mass is 10.2. The fourth-order valence-corrected chi connectivity index (χ4v) is 1.79. The molecule has 0 fully saturated rings. The highest BCUT2D eigenvalue weighted by atomic mass is 19.1. The maximum absolute atomic E-state index is 13.1. The van der Waals surface area contributed by atoms with Gasteiger partial charge in [0, 0.05) is 29.7 Å². The van der Waals surface area contributed by atoms with Crippen LogP contribution in [0.2, 0.25) is 0 Å². The predicted octanol–water partition coefficient (Wildman–Crippen LogP) is 3.13. The summed E-state index contributed by atoms with van der Waals surface area (Å²) in [6, 6.07) is 10.7. The van der Waals surface area contributed by atoms with Crippen molar-refractivity contribution < 1.29 is 13.7 Å². The van der Waals surface area contributed by atoms with Crippen molar-refractivity contribution in [1.29, 1.82) is 0 Å². The van der Waals surface area contributed by atoms with Gasteiger partial charge in [0.25, 0.3) is 5.91 Å². The average Bonchev–Trinajstić information content (AvgIpc) is 2.98. The summed E-state index contributed by atoms with van der Waals surface area (Å²) in [5.74, 6) is -0.462. The number of rotatable bonds is 3. The van der Waals surface area contributed by atoms with Gasteiger partial charge in [-0.15, -0.1) is 0 Å². The molecule has 1 amide bonds. The van der Waals surface area contributed by atoms with Crippen LogP contribution in [-0.2, 0) is 0 Å². The quantitative estimate of drug-likeness (QED) is 0.801. The summed E-state index contributed by atoms with van der Waals surface area (Å²) in [4.78, 5) is 16.0. The Hall–Kier alpha value is -3.02. The normalized spacial score (nSPS) is 10.3. The molecule has 3 aromatic rings. The van der Waals surface area contributed by atoms with E-state index in [1.54, 1.807) is 30.6 Å². The molecular weight excluding hydrogens is 273 g/mol. The highest BCUT2D eigenvalue weighted by Crippen LogP contribution is 2.19. The SMILES string of the molecule is O=C(Nc1cccc(F)c1)c1cc(-c2cccnc2)on1. The first-order valence-corrected chi connectivity index (χ1v) is 6.16. The molecule has 0 bridgehead atoms. The first-order chi connectivity index (χ1) is 10.2. The van der Waals surface area contributed by atoms with Crippen LogP contribution < -0.4 is 5.32 Å². The highest BCUT2D eigenvalue weighted by molar-refractivity contribution is 6.03. The molecule has 0 atom stereocenters. The van der Waals surface area contributed by atoms with Crippen molar-refractivity contribution >= 4 is 11.6 Å². The summed E-state index contributed by atoms with van der Waals surface area (Å²) >= 11 is 0. The number of nitrogens with zero attached hydrogens (tertiary/aromatic N) is 2. The molecule has 3 rings (SSSR count). The van der Waals surface area contributed by atoms with E-state index in [0.717, 1.165) is 5.56 Å². The number of carbonyl (C=O) groups is 1. The molecule has 0 radical (unpaired) electrons. The molecule has 6 heteroatoms. The summed E-state index contributed by atoms with van der Waals surface area (Å²) in [5.41, 5.74) is 1.18. The van der Waals surface area contributed by atoms with E-state index in [1.165, 1.54) is 24.3 Å². The molecule has 0 saturated carbocycles. The smallest absolute Gasteiger partial charge is 0.277 e. The van der Waals surface area contributed by atoms with Crippen LogP contribution in [0.3, 0.4) is 0 Å². The van der Waals surface area contributed by atoms with Crippen LogP contribution in [0.5, 0.6) is 0 Å². The second-order valence-corrected chi connectivity index (χ2v) is 4.28. The van der Waals surface area contributed by atoms with Crippen molar-refractivity contribution in [3.8, 4) is 11.3 Å². The first kappa shape index (κ1) is 13.0. The number of hydrogen-bond acceptors (Lipinski definition) is 4. The second-order valence-electron chi connectivity index (χ2n) is 4.28. The van der Waals surface area contributed by atoms with E-state index in [1.807, 2.05) is 0 Å². The Morgan fingerprint density at radius 2 is 2.10 bits per heavy atom. The molecule has 0 aliphatic carbocycles. The van der Waals surface area contributed by atoms with Gasteiger partial charge in [-0.05, 0) is 30.3 Å². The first-order valence-electron chi connectivity index (χ1n) is 6.16. The van der Waals surface area contributed by atoms with Crippen molar-refractivity contribution in [2.45, 2.75) is 0 Å². The maximum Gasteiger partial charge on any atom is 0.277 e. The van der Waals surface area contributed by atoms with Crippen molar-refractivity contribution in [2.24, 2.45) is 0 Å². The van der Waals surface area contributed by atoms with Gasteiger partial charge in [0.2, 0.25) is 0 Å². The van der Waals surface area contributed by atoms with Gasteiger partial charge in [0.05, 0.1) is 0 Å². The number of aromatic nitrogens is 2. The Morgan fingerprint density at radius 1 is 1.19 bits per heavy atom. The predicted molar refractivity (Wildman–Crippen MR) is 74.1 cm³/mol. The Morgan fingerprint density at radius 3 is 2.86 bits per heavy atom. The summed E-state index contributed by atoms with van der Waals surface area (Å²) in [5, 5.41) is 6.25. The monoisotopic (exact) mass is 283 g/mol. The lowest BCUT2D eigenvalue weighted by Crippen LogP contribution is -2.12. The number of anilines is 1. The molecule has 21 heavy (non-hydrogen) atoms. The van der Waals surface area contributed by atoms with E-state index in [2.05, 4.69) is 15.5 Å².